The van der Waals surface area contributed by atoms with Crippen molar-refractivity contribution in [2.45, 2.75) is 13.3 Å². The van der Waals surface area contributed by atoms with E-state index in [1.54, 1.807) is 6.92 Å². The summed E-state index contributed by atoms with van der Waals surface area (Å²) in [5.74, 6) is -5.77. The van der Waals surface area contributed by atoms with Gasteiger partial charge in [-0.2, -0.15) is 0 Å². The normalized spacial score (nSPS) is 9.00. The highest BCUT2D eigenvalue weighted by molar-refractivity contribution is 5.90. The molecule has 0 aromatic rings. The molecule has 0 aromatic carbocycles. The molecule has 21 heavy (non-hydrogen) atoms. The Morgan fingerprint density at radius 1 is 0.619 bits per heavy atom. The van der Waals surface area contributed by atoms with Gasteiger partial charge in [0.15, 0.2) is 0 Å². The van der Waals surface area contributed by atoms with Crippen molar-refractivity contribution in [3.05, 3.63) is 24.3 Å². The van der Waals surface area contributed by atoms with Crippen LogP contribution in [0.4, 0.5) is 0 Å². The first-order valence-corrected chi connectivity index (χ1v) is 5.02. The lowest BCUT2D eigenvalue weighted by molar-refractivity contribution is -0.137. The molecule has 0 bridgehead atoms. The van der Waals surface area contributed by atoms with Gasteiger partial charge in [-0.1, -0.05) is 6.92 Å². The number of rotatable bonds is 5. The zero-order valence-corrected chi connectivity index (χ0v) is 10.8. The Balaban J connectivity index is -0.000000239. The first-order valence-electron chi connectivity index (χ1n) is 5.02. The molecular formula is C11H14O10. The molecule has 0 fully saturated rings. The van der Waals surface area contributed by atoms with Gasteiger partial charge in [0.2, 0.25) is 0 Å². The molecule has 0 heterocycles. The van der Waals surface area contributed by atoms with E-state index in [1.807, 2.05) is 0 Å². The quantitative estimate of drug-likeness (QED) is 0.429. The second kappa shape index (κ2) is 14.9. The molecular weight excluding hydrogens is 292 g/mol. The van der Waals surface area contributed by atoms with Crippen LogP contribution in [0.5, 0.6) is 0 Å². The fourth-order valence-corrected chi connectivity index (χ4v) is 0.285. The van der Waals surface area contributed by atoms with Gasteiger partial charge < -0.3 is 25.5 Å². The lowest BCUT2D eigenvalue weighted by Gasteiger charge is -1.74. The van der Waals surface area contributed by atoms with Crippen LogP contribution in [-0.4, -0.2) is 55.4 Å². The van der Waals surface area contributed by atoms with Gasteiger partial charge in [-0.05, 0) is 0 Å². The van der Waals surface area contributed by atoms with E-state index in [4.69, 9.17) is 25.5 Å². The summed E-state index contributed by atoms with van der Waals surface area (Å²) in [7, 11) is 0. The summed E-state index contributed by atoms with van der Waals surface area (Å²) in [6, 6.07) is 0. The second-order valence-electron chi connectivity index (χ2n) is 2.77. The fourth-order valence-electron chi connectivity index (χ4n) is 0.285. The van der Waals surface area contributed by atoms with E-state index in [0.717, 1.165) is 0 Å². The van der Waals surface area contributed by atoms with E-state index in [0.29, 0.717) is 24.3 Å². The summed E-state index contributed by atoms with van der Waals surface area (Å²) in [5, 5.41) is 39.0. The lowest BCUT2D eigenvalue weighted by atomic mass is 10.5. The second-order valence-corrected chi connectivity index (χ2v) is 2.77. The number of carbonyl (C=O) groups is 5. The Labute approximate surface area is 118 Å². The van der Waals surface area contributed by atoms with Crippen LogP contribution >= 0.6 is 0 Å². The first kappa shape index (κ1) is 23.0. The molecule has 0 aliphatic heterocycles. The molecule has 0 aliphatic rings. The van der Waals surface area contributed by atoms with Gasteiger partial charge in [0.1, 0.15) is 0 Å². The monoisotopic (exact) mass is 306 g/mol. The van der Waals surface area contributed by atoms with E-state index >= 15 is 0 Å². The van der Waals surface area contributed by atoms with E-state index in [2.05, 4.69) is 0 Å². The summed E-state index contributed by atoms with van der Waals surface area (Å²) in [5.41, 5.74) is 0. The van der Waals surface area contributed by atoms with Crippen molar-refractivity contribution < 1.29 is 49.5 Å². The average Bonchev–Trinajstić information content (AvgIpc) is 2.35. The molecule has 118 valence electrons. The van der Waals surface area contributed by atoms with Crippen molar-refractivity contribution in [1.82, 2.24) is 0 Å². The summed E-state index contributed by atoms with van der Waals surface area (Å²) in [6.45, 7) is 1.60. The highest BCUT2D eigenvalue weighted by atomic mass is 16.4. The van der Waals surface area contributed by atoms with E-state index in [-0.39, 0.29) is 6.42 Å². The molecule has 10 heteroatoms. The van der Waals surface area contributed by atoms with Crippen LogP contribution in [0, 0.1) is 0 Å². The third kappa shape index (κ3) is 47.5. The molecule has 0 aliphatic carbocycles. The smallest absolute Gasteiger partial charge is 0.328 e. The molecule has 10 nitrogen and oxygen atoms in total. The molecule has 0 saturated heterocycles. The maximum atomic E-state index is 9.55. The van der Waals surface area contributed by atoms with Crippen LogP contribution in [0.25, 0.3) is 0 Å². The molecule has 0 aromatic heterocycles. The van der Waals surface area contributed by atoms with Crippen LogP contribution < -0.4 is 0 Å². The number of hydrogen-bond acceptors (Lipinski definition) is 5. The summed E-state index contributed by atoms with van der Waals surface area (Å²) < 4.78 is 0. The average molecular weight is 306 g/mol. The minimum Gasteiger partial charge on any atom is -0.481 e. The van der Waals surface area contributed by atoms with E-state index in [9.17, 15) is 24.0 Å². The van der Waals surface area contributed by atoms with Crippen LogP contribution in [0.15, 0.2) is 24.3 Å². The molecule has 0 saturated carbocycles. The van der Waals surface area contributed by atoms with Crippen LogP contribution in [-0.2, 0) is 24.0 Å². The lowest BCUT2D eigenvalue weighted by Crippen LogP contribution is -1.91. The zero-order chi connectivity index (χ0) is 17.4. The third-order valence-electron chi connectivity index (χ3n) is 1.04. The highest BCUT2D eigenvalue weighted by Gasteiger charge is 1.88. The molecule has 0 atom stereocenters. The van der Waals surface area contributed by atoms with Gasteiger partial charge in [0, 0.05) is 30.7 Å². The topological polar surface area (TPSA) is 186 Å². The first-order chi connectivity index (χ1) is 9.52. The van der Waals surface area contributed by atoms with Crippen molar-refractivity contribution in [2.75, 3.05) is 0 Å². The minimum absolute atomic E-state index is 0.222. The van der Waals surface area contributed by atoms with Gasteiger partial charge in [0.05, 0.1) is 0 Å². The van der Waals surface area contributed by atoms with Gasteiger partial charge >= 0.3 is 29.8 Å². The molecule has 0 spiro atoms. The standard InChI is InChI=1S/2C4H4O4.C3H6O2/c2*5-3(6)1-2-4(7)8;1-2-3(4)5/h2*1-2H,(H,5,6)(H,7,8);2H2,1H3,(H,4,5). The minimum atomic E-state index is -1.26. The summed E-state index contributed by atoms with van der Waals surface area (Å²) >= 11 is 0. The van der Waals surface area contributed by atoms with E-state index < -0.39 is 29.8 Å². The molecule has 0 unspecified atom stereocenters. The van der Waals surface area contributed by atoms with Crippen molar-refractivity contribution >= 4 is 29.8 Å². The van der Waals surface area contributed by atoms with Gasteiger partial charge in [0.25, 0.3) is 0 Å². The van der Waals surface area contributed by atoms with Crippen LogP contribution in [0.3, 0.4) is 0 Å². The van der Waals surface area contributed by atoms with Crippen molar-refractivity contribution in [2.24, 2.45) is 0 Å². The molecule has 0 radical (unpaired) electrons. The number of aliphatic carboxylic acids is 5. The van der Waals surface area contributed by atoms with Crippen molar-refractivity contribution in [3.8, 4) is 0 Å². The van der Waals surface area contributed by atoms with Crippen LogP contribution in [0.2, 0.25) is 0 Å². The maximum absolute atomic E-state index is 9.55. The maximum Gasteiger partial charge on any atom is 0.328 e. The molecule has 0 amide bonds. The Morgan fingerprint density at radius 3 is 0.810 bits per heavy atom. The molecule has 0 rings (SSSR count). The van der Waals surface area contributed by atoms with Crippen molar-refractivity contribution in [3.63, 3.8) is 0 Å². The summed E-state index contributed by atoms with van der Waals surface area (Å²) in [4.78, 5) is 47.6. The van der Waals surface area contributed by atoms with Gasteiger partial charge in [-0.3, -0.25) is 4.79 Å². The zero-order valence-electron chi connectivity index (χ0n) is 10.8. The largest absolute Gasteiger partial charge is 0.481 e. The Hall–Kier alpha value is -3.17. The Kier molecular flexibility index (Phi) is 16.3. The number of hydrogen-bond donors (Lipinski definition) is 5. The summed E-state index contributed by atoms with van der Waals surface area (Å²) in [6.07, 6.45) is 2.45. The highest BCUT2D eigenvalue weighted by Crippen LogP contribution is 1.71. The molecule has 5 N–H and O–H groups in total. The Morgan fingerprint density at radius 2 is 0.762 bits per heavy atom. The Bertz CT molecular complexity index is 366. The predicted octanol–water partition coefficient (Wildman–Crippen LogP) is -0.0954. The third-order valence-corrected chi connectivity index (χ3v) is 1.04. The predicted molar refractivity (Wildman–Crippen MR) is 66.8 cm³/mol. The van der Waals surface area contributed by atoms with E-state index in [1.165, 1.54) is 0 Å². The number of carboxylic acid groups (broad SMARTS) is 5. The van der Waals surface area contributed by atoms with Crippen molar-refractivity contribution in [1.29, 1.82) is 0 Å². The van der Waals surface area contributed by atoms with Gasteiger partial charge in [-0.15, -0.1) is 0 Å². The fraction of sp³-hybridized carbons (Fsp3) is 0.182. The van der Waals surface area contributed by atoms with Crippen LogP contribution in [0.1, 0.15) is 13.3 Å². The number of carboxylic acids is 5. The SMILES string of the molecule is CCC(=O)O.O=C(O)C=CC(=O)O.O=C(O)C=CC(=O)O. The van der Waals surface area contributed by atoms with Gasteiger partial charge in [-0.25, -0.2) is 19.2 Å².